The van der Waals surface area contributed by atoms with E-state index < -0.39 is 12.3 Å². The minimum Gasteiger partial charge on any atom is -0.415 e. The van der Waals surface area contributed by atoms with Gasteiger partial charge in [-0.2, -0.15) is 8.78 Å². The lowest BCUT2D eigenvalue weighted by Crippen LogP contribution is -2.56. The number of rotatable bonds is 7. The van der Waals surface area contributed by atoms with Gasteiger partial charge in [-0.1, -0.05) is 25.1 Å². The van der Waals surface area contributed by atoms with E-state index >= 15 is 0 Å². The van der Waals surface area contributed by atoms with Gasteiger partial charge in [-0.15, -0.1) is 10.2 Å². The lowest BCUT2D eigenvalue weighted by molar-refractivity contribution is -0.141. The molecule has 0 atom stereocenters. The molecule has 2 amide bonds. The second-order valence-corrected chi connectivity index (χ2v) is 8.27. The average molecular weight is 480 g/mol. The Morgan fingerprint density at radius 2 is 1.94 bits per heavy atom. The smallest absolute Gasteiger partial charge is 0.314 e. The Bertz CT molecular complexity index is 1360. The number of aromatic nitrogens is 4. The second-order valence-electron chi connectivity index (χ2n) is 8.27. The molecule has 1 saturated heterocycles. The number of carbonyl (C=O) groups excluding carboxylic acids is 2. The molecule has 9 nitrogen and oxygen atoms in total. The van der Waals surface area contributed by atoms with Gasteiger partial charge in [0.25, 0.3) is 5.89 Å². The van der Waals surface area contributed by atoms with Crippen molar-refractivity contribution < 1.29 is 22.8 Å². The summed E-state index contributed by atoms with van der Waals surface area (Å²) in [5.41, 5.74) is 2.37. The van der Waals surface area contributed by atoms with Crippen molar-refractivity contribution in [2.45, 2.75) is 26.3 Å². The molecule has 0 N–H and O–H groups in total. The molecule has 4 heterocycles. The number of fused-ring (bicyclic) bond motifs is 1. The molecule has 1 aliphatic rings. The van der Waals surface area contributed by atoms with Crippen molar-refractivity contribution in [2.75, 3.05) is 18.0 Å². The molecule has 0 aliphatic carbocycles. The largest absolute Gasteiger partial charge is 0.415 e. The van der Waals surface area contributed by atoms with Crippen LogP contribution in [0.15, 0.2) is 59.3 Å². The van der Waals surface area contributed by atoms with E-state index in [0.717, 1.165) is 5.69 Å². The minimum atomic E-state index is -2.85. The number of halogens is 2. The molecule has 1 aliphatic heterocycles. The summed E-state index contributed by atoms with van der Waals surface area (Å²) in [5, 5.41) is 7.04. The van der Waals surface area contributed by atoms with Crippen LogP contribution in [-0.2, 0) is 16.1 Å². The minimum absolute atomic E-state index is 0.0235. The van der Waals surface area contributed by atoms with Gasteiger partial charge in [0.2, 0.25) is 17.7 Å². The van der Waals surface area contributed by atoms with Gasteiger partial charge < -0.3 is 18.6 Å². The number of imidazole rings is 1. The molecule has 0 bridgehead atoms. The van der Waals surface area contributed by atoms with Crippen molar-refractivity contribution in [2.24, 2.45) is 5.92 Å². The normalized spacial score (nSPS) is 13.9. The van der Waals surface area contributed by atoms with Gasteiger partial charge in [0.15, 0.2) is 0 Å². The third-order valence-electron chi connectivity index (χ3n) is 5.92. The number of hydrogen-bond donors (Lipinski definition) is 0. The molecule has 180 valence electrons. The first-order valence-electron chi connectivity index (χ1n) is 11.2. The molecule has 5 rings (SSSR count). The van der Waals surface area contributed by atoms with Gasteiger partial charge in [-0.3, -0.25) is 9.59 Å². The number of hydrogen-bond acceptors (Lipinski definition) is 6. The SMILES string of the molecule is CCC(=O)N1CC(C(=O)N(Cc2cn3ccc(-c4nnc(C(F)F)o4)cc3n2)c2ccccc2)C1. The van der Waals surface area contributed by atoms with E-state index in [4.69, 9.17) is 4.42 Å². The summed E-state index contributed by atoms with van der Waals surface area (Å²) in [5.74, 6) is -1.06. The third kappa shape index (κ3) is 4.48. The Hall–Kier alpha value is -4.15. The van der Waals surface area contributed by atoms with E-state index in [2.05, 4.69) is 15.2 Å². The summed E-state index contributed by atoms with van der Waals surface area (Å²) in [6, 6.07) is 12.6. The number of pyridine rings is 1. The van der Waals surface area contributed by atoms with Crippen LogP contribution in [0.25, 0.3) is 17.1 Å². The fraction of sp³-hybridized carbons (Fsp3) is 0.292. The Balaban J connectivity index is 1.39. The highest BCUT2D eigenvalue weighted by Gasteiger charge is 2.38. The van der Waals surface area contributed by atoms with E-state index in [1.54, 1.807) is 45.7 Å². The predicted octanol–water partition coefficient (Wildman–Crippen LogP) is 3.72. The Morgan fingerprint density at radius 1 is 1.17 bits per heavy atom. The van der Waals surface area contributed by atoms with Crippen molar-refractivity contribution in [1.82, 2.24) is 24.5 Å². The van der Waals surface area contributed by atoms with Gasteiger partial charge in [0, 0.05) is 43.2 Å². The Kier molecular flexibility index (Phi) is 5.98. The van der Waals surface area contributed by atoms with Crippen molar-refractivity contribution in [3.8, 4) is 11.5 Å². The highest BCUT2D eigenvalue weighted by Crippen LogP contribution is 2.26. The van der Waals surface area contributed by atoms with Gasteiger partial charge in [0.05, 0.1) is 18.2 Å². The van der Waals surface area contributed by atoms with Crippen LogP contribution in [0.3, 0.4) is 0 Å². The average Bonchev–Trinajstić information content (AvgIpc) is 3.48. The number of carbonyl (C=O) groups is 2. The number of alkyl halides is 2. The summed E-state index contributed by atoms with van der Waals surface area (Å²) in [7, 11) is 0. The summed E-state index contributed by atoms with van der Waals surface area (Å²) in [6.07, 6.45) is 1.08. The summed E-state index contributed by atoms with van der Waals surface area (Å²) in [6.45, 7) is 2.86. The van der Waals surface area contributed by atoms with Crippen molar-refractivity contribution in [3.05, 3.63) is 66.4 Å². The molecule has 3 aromatic heterocycles. The van der Waals surface area contributed by atoms with E-state index in [9.17, 15) is 18.4 Å². The van der Waals surface area contributed by atoms with Crippen LogP contribution in [0, 0.1) is 5.92 Å². The Morgan fingerprint density at radius 3 is 2.63 bits per heavy atom. The first kappa shape index (κ1) is 22.6. The van der Waals surface area contributed by atoms with E-state index in [-0.39, 0.29) is 30.2 Å². The number of likely N-dealkylation sites (tertiary alicyclic amines) is 1. The fourth-order valence-electron chi connectivity index (χ4n) is 4.03. The Labute approximate surface area is 199 Å². The molecule has 0 unspecified atom stereocenters. The summed E-state index contributed by atoms with van der Waals surface area (Å²) < 4.78 is 32.4. The first-order valence-corrected chi connectivity index (χ1v) is 11.2. The maximum atomic E-state index is 13.4. The molecule has 0 spiro atoms. The lowest BCUT2D eigenvalue weighted by Gasteiger charge is -2.40. The lowest BCUT2D eigenvalue weighted by atomic mass is 9.97. The van der Waals surface area contributed by atoms with Gasteiger partial charge in [-0.25, -0.2) is 4.98 Å². The maximum absolute atomic E-state index is 13.4. The monoisotopic (exact) mass is 480 g/mol. The maximum Gasteiger partial charge on any atom is 0.314 e. The van der Waals surface area contributed by atoms with Crippen LogP contribution in [0.4, 0.5) is 14.5 Å². The molecule has 0 radical (unpaired) electrons. The van der Waals surface area contributed by atoms with Crippen molar-refractivity contribution in [1.29, 1.82) is 0 Å². The van der Waals surface area contributed by atoms with Gasteiger partial charge in [-0.05, 0) is 24.3 Å². The molecule has 1 fully saturated rings. The molecular formula is C24H22F2N6O3. The van der Waals surface area contributed by atoms with Gasteiger partial charge >= 0.3 is 6.43 Å². The topological polar surface area (TPSA) is 96.8 Å². The van der Waals surface area contributed by atoms with Crippen molar-refractivity contribution >= 4 is 23.1 Å². The van der Waals surface area contributed by atoms with Crippen molar-refractivity contribution in [3.63, 3.8) is 0 Å². The van der Waals surface area contributed by atoms with E-state index in [1.807, 2.05) is 30.3 Å². The van der Waals surface area contributed by atoms with Gasteiger partial charge in [0.1, 0.15) is 5.65 Å². The first-order chi connectivity index (χ1) is 16.9. The fourth-order valence-corrected chi connectivity index (χ4v) is 4.03. The second kappa shape index (κ2) is 9.24. The highest BCUT2D eigenvalue weighted by molar-refractivity contribution is 5.96. The van der Waals surface area contributed by atoms with E-state index in [1.165, 1.54) is 0 Å². The van der Waals surface area contributed by atoms with Crippen LogP contribution < -0.4 is 4.90 Å². The van der Waals surface area contributed by atoms with Crippen LogP contribution >= 0.6 is 0 Å². The number of benzene rings is 1. The number of para-hydroxylation sites is 1. The third-order valence-corrected chi connectivity index (χ3v) is 5.92. The van der Waals surface area contributed by atoms with Crippen LogP contribution in [-0.4, -0.2) is 49.4 Å². The zero-order valence-electron chi connectivity index (χ0n) is 18.8. The van der Waals surface area contributed by atoms with Crippen LogP contribution in [0.2, 0.25) is 0 Å². The number of amides is 2. The molecule has 4 aromatic rings. The molecule has 0 saturated carbocycles. The van der Waals surface area contributed by atoms with Crippen LogP contribution in [0.1, 0.15) is 31.4 Å². The molecule has 35 heavy (non-hydrogen) atoms. The number of anilines is 1. The number of nitrogens with zero attached hydrogens (tertiary/aromatic N) is 6. The standard InChI is InChI=1S/C24H22F2N6O3/c1-2-20(33)31-11-16(12-31)24(34)32(18-6-4-3-5-7-18)14-17-13-30-9-8-15(10-19(30)27-17)22-28-29-23(35-22)21(25)26/h3-10,13,16,21H,2,11-12,14H2,1H3. The summed E-state index contributed by atoms with van der Waals surface area (Å²) in [4.78, 5) is 33.2. The zero-order chi connectivity index (χ0) is 24.5. The molecular weight excluding hydrogens is 458 g/mol. The van der Waals surface area contributed by atoms with Crippen LogP contribution in [0.5, 0.6) is 0 Å². The van der Waals surface area contributed by atoms with E-state index in [0.29, 0.717) is 36.4 Å². The zero-order valence-corrected chi connectivity index (χ0v) is 18.8. The molecule has 11 heteroatoms. The quantitative estimate of drug-likeness (QED) is 0.400. The highest BCUT2D eigenvalue weighted by atomic mass is 19.3. The predicted molar refractivity (Wildman–Crippen MR) is 121 cm³/mol. The summed E-state index contributed by atoms with van der Waals surface area (Å²) >= 11 is 0. The molecule has 1 aromatic carbocycles.